The number of fused-ring (bicyclic) bond motifs is 1. The molecule has 0 unspecified atom stereocenters. The minimum Gasteiger partial charge on any atom is -0.357 e. The van der Waals surface area contributed by atoms with E-state index in [0.29, 0.717) is 32.3 Å². The van der Waals surface area contributed by atoms with E-state index in [1.54, 1.807) is 12.3 Å². The van der Waals surface area contributed by atoms with Crippen molar-refractivity contribution in [3.63, 3.8) is 0 Å². The molecule has 4 heterocycles. The van der Waals surface area contributed by atoms with Crippen molar-refractivity contribution in [2.24, 2.45) is 12.4 Å². The lowest BCUT2D eigenvalue weighted by atomic mass is 9.93. The molecule has 0 atom stereocenters. The molecule has 164 valence electrons. The number of nitrogens with one attached hydrogen (secondary N) is 1. The summed E-state index contributed by atoms with van der Waals surface area (Å²) < 4.78 is 51.2. The van der Waals surface area contributed by atoms with E-state index in [1.165, 1.54) is 45.4 Å². The summed E-state index contributed by atoms with van der Waals surface area (Å²) in [5.41, 5.74) is 0.849. The van der Waals surface area contributed by atoms with Crippen LogP contribution >= 0.6 is 0 Å². The van der Waals surface area contributed by atoms with Crippen LogP contribution in [0.15, 0.2) is 40.4 Å². The first-order valence-electron chi connectivity index (χ1n) is 11.8. The summed E-state index contributed by atoms with van der Waals surface area (Å²) >= 11 is 0. The average molecular weight is 445 g/mol. The Labute approximate surface area is 185 Å². The normalized spacial score (nSPS) is 20.1. The minimum atomic E-state index is -3.79. The number of piperidine rings is 1. The Balaban J connectivity index is 1.75. The molecule has 5 rings (SSSR count). The second-order valence-electron chi connectivity index (χ2n) is 8.80. The maximum atomic E-state index is 12.9. The molecule has 3 aromatic rings. The van der Waals surface area contributed by atoms with Gasteiger partial charge < -0.3 is 14.5 Å². The maximum Gasteiger partial charge on any atom is 0.274 e. The standard InChI is InChI=1S/C22H27N5O3S/c1-25(2)31(29,30)15-12-17(18-14-26(3)21(28)19-16(18)4-9-23-19)20(24-13-15)27-10-7-22(5-6-22)8-11-27/h4,9,12-14,23H,5-8,10-11H2,1-3H3/i3D3. The molecule has 9 heteroatoms. The van der Waals surface area contributed by atoms with Gasteiger partial charge in [-0.3, -0.25) is 4.79 Å². The Bertz CT molecular complexity index is 1430. The number of hydrogen-bond acceptors (Lipinski definition) is 5. The van der Waals surface area contributed by atoms with Gasteiger partial charge >= 0.3 is 0 Å². The first kappa shape index (κ1) is 17.0. The largest absolute Gasteiger partial charge is 0.357 e. The van der Waals surface area contributed by atoms with Crippen molar-refractivity contribution in [1.29, 1.82) is 0 Å². The van der Waals surface area contributed by atoms with Gasteiger partial charge in [-0.05, 0) is 43.2 Å². The molecule has 3 aromatic heterocycles. The Hall–Kier alpha value is -2.65. The van der Waals surface area contributed by atoms with Crippen LogP contribution in [0.25, 0.3) is 22.0 Å². The van der Waals surface area contributed by atoms with Gasteiger partial charge in [0.1, 0.15) is 16.2 Å². The van der Waals surface area contributed by atoms with Crippen molar-refractivity contribution >= 4 is 26.7 Å². The van der Waals surface area contributed by atoms with Crippen molar-refractivity contribution in [3.8, 4) is 11.1 Å². The molecule has 1 aliphatic heterocycles. The van der Waals surface area contributed by atoms with Crippen LogP contribution in [0.3, 0.4) is 0 Å². The topological polar surface area (TPSA) is 91.3 Å². The number of aryl methyl sites for hydroxylation is 1. The third-order valence-corrected chi connectivity index (χ3v) is 8.50. The Kier molecular flexibility index (Phi) is 3.79. The van der Waals surface area contributed by atoms with E-state index in [1.807, 2.05) is 0 Å². The molecule has 1 spiro atoms. The van der Waals surface area contributed by atoms with Gasteiger partial charge in [-0.2, -0.15) is 0 Å². The number of aromatic amines is 1. The number of nitrogens with zero attached hydrogens (tertiary/aromatic N) is 4. The van der Waals surface area contributed by atoms with Gasteiger partial charge in [0, 0.05) is 73.4 Å². The number of anilines is 1. The SMILES string of the molecule is [2H]C([2H])([2H])n1cc(-c2cc(S(=O)(=O)N(C)C)cnc2N2CCC3(CC2)CC3)c2cc[nH]c2c1=O. The Morgan fingerprint density at radius 1 is 1.19 bits per heavy atom. The van der Waals surface area contributed by atoms with Gasteiger partial charge in [0.15, 0.2) is 0 Å². The minimum absolute atomic E-state index is 0.00208. The zero-order valence-electron chi connectivity index (χ0n) is 20.6. The van der Waals surface area contributed by atoms with Gasteiger partial charge in [0.2, 0.25) is 10.0 Å². The first-order chi connectivity index (χ1) is 15.9. The van der Waals surface area contributed by atoms with Crippen molar-refractivity contribution in [2.75, 3.05) is 32.1 Å². The fourth-order valence-electron chi connectivity index (χ4n) is 4.47. The summed E-state index contributed by atoms with van der Waals surface area (Å²) in [7, 11) is -0.893. The summed E-state index contributed by atoms with van der Waals surface area (Å²) in [6.07, 6.45) is 8.79. The number of rotatable bonds is 4. The predicted molar refractivity (Wildman–Crippen MR) is 121 cm³/mol. The molecule has 0 amide bonds. The second kappa shape index (κ2) is 6.93. The van der Waals surface area contributed by atoms with E-state index in [-0.39, 0.29) is 10.4 Å². The second-order valence-corrected chi connectivity index (χ2v) is 11.0. The van der Waals surface area contributed by atoms with Gasteiger partial charge in [-0.25, -0.2) is 17.7 Å². The molecule has 0 bridgehead atoms. The van der Waals surface area contributed by atoms with Crippen LogP contribution < -0.4 is 10.5 Å². The van der Waals surface area contributed by atoms with Crippen LogP contribution in [0.4, 0.5) is 5.82 Å². The highest BCUT2D eigenvalue weighted by atomic mass is 32.2. The number of sulfonamides is 1. The average Bonchev–Trinajstić information content (AvgIpc) is 3.33. The number of hydrogen-bond donors (Lipinski definition) is 1. The number of pyridine rings is 2. The highest BCUT2D eigenvalue weighted by Gasteiger charge is 2.44. The van der Waals surface area contributed by atoms with Crippen LogP contribution in [0.1, 0.15) is 29.8 Å². The van der Waals surface area contributed by atoms with E-state index in [4.69, 9.17) is 4.11 Å². The molecule has 0 aromatic carbocycles. The number of aromatic nitrogens is 3. The predicted octanol–water partition coefficient (Wildman–Crippen LogP) is 2.56. The summed E-state index contributed by atoms with van der Waals surface area (Å²) in [6.45, 7) is -1.13. The zero-order valence-corrected chi connectivity index (χ0v) is 18.4. The Morgan fingerprint density at radius 2 is 1.94 bits per heavy atom. The first-order valence-corrected chi connectivity index (χ1v) is 11.8. The molecule has 2 fully saturated rings. The monoisotopic (exact) mass is 444 g/mol. The van der Waals surface area contributed by atoms with Crippen molar-refractivity contribution < 1.29 is 12.5 Å². The quantitative estimate of drug-likeness (QED) is 0.668. The highest BCUT2D eigenvalue weighted by molar-refractivity contribution is 7.89. The van der Waals surface area contributed by atoms with Gasteiger partial charge in [-0.1, -0.05) is 0 Å². The molecule has 31 heavy (non-hydrogen) atoms. The molecule has 8 nitrogen and oxygen atoms in total. The third kappa shape index (κ3) is 3.27. The Morgan fingerprint density at radius 3 is 2.58 bits per heavy atom. The lowest BCUT2D eigenvalue weighted by molar-refractivity contribution is 0.383. The molecule has 1 saturated heterocycles. The molecular weight excluding hydrogens is 414 g/mol. The highest BCUT2D eigenvalue weighted by Crippen LogP contribution is 2.54. The summed E-state index contributed by atoms with van der Waals surface area (Å²) in [5.74, 6) is 0.589. The van der Waals surface area contributed by atoms with Crippen molar-refractivity contribution in [1.82, 2.24) is 18.8 Å². The van der Waals surface area contributed by atoms with E-state index in [9.17, 15) is 13.2 Å². The molecule has 2 aliphatic rings. The zero-order chi connectivity index (χ0) is 24.5. The smallest absolute Gasteiger partial charge is 0.274 e. The molecule has 1 N–H and O–H groups in total. The third-order valence-electron chi connectivity index (χ3n) is 6.72. The van der Waals surface area contributed by atoms with Crippen LogP contribution in [0, 0.1) is 5.41 Å². The van der Waals surface area contributed by atoms with Crippen LogP contribution in [0.2, 0.25) is 0 Å². The van der Waals surface area contributed by atoms with Crippen LogP contribution in [-0.4, -0.2) is 54.4 Å². The lowest BCUT2D eigenvalue weighted by Crippen LogP contribution is -2.35. The van der Waals surface area contributed by atoms with Crippen LogP contribution in [-0.2, 0) is 17.0 Å². The van der Waals surface area contributed by atoms with E-state index < -0.39 is 22.6 Å². The number of H-pyrrole nitrogens is 1. The molecule has 1 aliphatic carbocycles. The van der Waals surface area contributed by atoms with Crippen LogP contribution in [0.5, 0.6) is 0 Å². The molecular formula is C22H27N5O3S. The lowest BCUT2D eigenvalue weighted by Gasteiger charge is -2.34. The van der Waals surface area contributed by atoms with Gasteiger partial charge in [0.05, 0.1) is 0 Å². The molecule has 0 radical (unpaired) electrons. The van der Waals surface area contributed by atoms with Gasteiger partial charge in [-0.15, -0.1) is 0 Å². The fourth-order valence-corrected chi connectivity index (χ4v) is 5.35. The van der Waals surface area contributed by atoms with Crippen molar-refractivity contribution in [3.05, 3.63) is 41.1 Å². The van der Waals surface area contributed by atoms with E-state index >= 15 is 0 Å². The summed E-state index contributed by atoms with van der Waals surface area (Å²) in [5, 5.41) is 0.517. The fraction of sp³-hybridized carbons (Fsp3) is 0.455. The van der Waals surface area contributed by atoms with E-state index in [0.717, 1.165) is 30.2 Å². The maximum absolute atomic E-state index is 12.9. The van der Waals surface area contributed by atoms with Gasteiger partial charge in [0.25, 0.3) is 5.56 Å². The van der Waals surface area contributed by atoms with E-state index in [2.05, 4.69) is 14.9 Å². The molecule has 1 saturated carbocycles. The summed E-state index contributed by atoms with van der Waals surface area (Å²) in [6, 6.07) is 3.23. The summed E-state index contributed by atoms with van der Waals surface area (Å²) in [4.78, 5) is 22.4. The van der Waals surface area contributed by atoms with Crippen molar-refractivity contribution in [2.45, 2.75) is 30.6 Å².